The Kier molecular flexibility index (Phi) is 5.29. The molecule has 144 valence electrons. The van der Waals surface area contributed by atoms with Crippen molar-refractivity contribution in [1.29, 1.82) is 0 Å². The first-order valence-corrected chi connectivity index (χ1v) is 9.77. The van der Waals surface area contributed by atoms with E-state index < -0.39 is 4.92 Å². The van der Waals surface area contributed by atoms with Crippen LogP contribution >= 0.6 is 11.3 Å². The highest BCUT2D eigenvalue weighted by Gasteiger charge is 2.29. The van der Waals surface area contributed by atoms with E-state index in [1.54, 1.807) is 17.5 Å². The van der Waals surface area contributed by atoms with Crippen LogP contribution < -0.4 is 15.1 Å². The summed E-state index contributed by atoms with van der Waals surface area (Å²) in [6.45, 7) is 3.17. The minimum atomic E-state index is -0.406. The van der Waals surface area contributed by atoms with E-state index in [9.17, 15) is 10.1 Å². The molecule has 0 bridgehead atoms. The van der Waals surface area contributed by atoms with E-state index in [4.69, 9.17) is 0 Å². The molecule has 28 heavy (non-hydrogen) atoms. The topological polar surface area (TPSA) is 100 Å². The zero-order valence-electron chi connectivity index (χ0n) is 15.1. The number of piperazine rings is 1. The molecule has 10 heteroatoms. The zero-order valence-corrected chi connectivity index (χ0v) is 15.9. The lowest BCUT2D eigenvalue weighted by atomic mass is 10.2. The lowest BCUT2D eigenvalue weighted by Gasteiger charge is -2.35. The normalized spacial score (nSPS) is 14.1. The van der Waals surface area contributed by atoms with Gasteiger partial charge in [-0.05, 0) is 23.6 Å². The van der Waals surface area contributed by atoms with Crippen LogP contribution in [-0.2, 0) is 6.54 Å². The minimum absolute atomic E-state index is 0.0784. The first-order valence-electron chi connectivity index (χ1n) is 8.89. The molecule has 3 aromatic rings. The molecule has 0 radical (unpaired) electrons. The molecule has 3 aromatic heterocycles. The Balaban J connectivity index is 1.51. The van der Waals surface area contributed by atoms with Crippen LogP contribution in [0.2, 0.25) is 0 Å². The van der Waals surface area contributed by atoms with Crippen LogP contribution in [0.4, 0.5) is 23.1 Å². The number of pyridine rings is 1. The third-order valence-corrected chi connectivity index (χ3v) is 5.42. The molecule has 1 saturated heterocycles. The van der Waals surface area contributed by atoms with Crippen molar-refractivity contribution < 1.29 is 4.92 Å². The monoisotopic (exact) mass is 397 g/mol. The molecule has 0 aliphatic carbocycles. The summed E-state index contributed by atoms with van der Waals surface area (Å²) < 4.78 is 0. The zero-order chi connectivity index (χ0) is 19.3. The molecule has 1 N–H and O–H groups in total. The van der Waals surface area contributed by atoms with Gasteiger partial charge in [0.1, 0.15) is 12.1 Å². The Bertz CT molecular complexity index is 928. The molecule has 1 aliphatic heterocycles. The van der Waals surface area contributed by atoms with Gasteiger partial charge >= 0.3 is 5.69 Å². The molecule has 9 nitrogen and oxygen atoms in total. The quantitative estimate of drug-likeness (QED) is 0.501. The average Bonchev–Trinajstić information content (AvgIpc) is 3.26. The van der Waals surface area contributed by atoms with Crippen LogP contribution in [-0.4, -0.2) is 46.1 Å². The fourth-order valence-corrected chi connectivity index (χ4v) is 3.82. The molecule has 0 atom stereocenters. The van der Waals surface area contributed by atoms with Crippen molar-refractivity contribution in [3.8, 4) is 0 Å². The Morgan fingerprint density at radius 2 is 1.89 bits per heavy atom. The van der Waals surface area contributed by atoms with Gasteiger partial charge < -0.3 is 15.1 Å². The Hall–Kier alpha value is -3.27. The van der Waals surface area contributed by atoms with Crippen LogP contribution in [0.25, 0.3) is 0 Å². The number of hydrogen-bond donors (Lipinski definition) is 1. The average molecular weight is 397 g/mol. The van der Waals surface area contributed by atoms with E-state index in [2.05, 4.69) is 25.2 Å². The number of anilines is 3. The van der Waals surface area contributed by atoms with E-state index in [-0.39, 0.29) is 11.5 Å². The first kappa shape index (κ1) is 18.1. The third-order valence-electron chi connectivity index (χ3n) is 4.55. The molecule has 0 aromatic carbocycles. The van der Waals surface area contributed by atoms with E-state index >= 15 is 0 Å². The molecular formula is C18H19N7O2S. The molecule has 4 heterocycles. The molecule has 0 spiro atoms. The number of nitrogens with one attached hydrogen (secondary N) is 1. The van der Waals surface area contributed by atoms with Crippen molar-refractivity contribution in [1.82, 2.24) is 15.0 Å². The fourth-order valence-electron chi connectivity index (χ4n) is 3.17. The highest BCUT2D eigenvalue weighted by atomic mass is 32.1. The standard InChI is InChI=1S/C18H19N7O2S/c26-25(27)16-17(20-12-14-4-3-11-28-14)21-13-22-18(16)24-9-7-23(8-10-24)15-5-1-2-6-19-15/h1-6,11,13H,7-10,12H2,(H,20,21,22). The molecular weight excluding hydrogens is 378 g/mol. The van der Waals surface area contributed by atoms with Gasteiger partial charge in [-0.3, -0.25) is 10.1 Å². The summed E-state index contributed by atoms with van der Waals surface area (Å²) in [6.07, 6.45) is 3.15. The number of nitrogens with zero attached hydrogens (tertiary/aromatic N) is 6. The van der Waals surface area contributed by atoms with Gasteiger partial charge in [0.05, 0.1) is 11.5 Å². The van der Waals surface area contributed by atoms with Crippen LogP contribution in [0.1, 0.15) is 4.88 Å². The van der Waals surface area contributed by atoms with Crippen molar-refractivity contribution in [2.75, 3.05) is 41.3 Å². The van der Waals surface area contributed by atoms with Crippen molar-refractivity contribution in [3.05, 3.63) is 63.2 Å². The number of rotatable bonds is 6. The maximum atomic E-state index is 11.8. The number of aromatic nitrogens is 3. The fraction of sp³-hybridized carbons (Fsp3) is 0.278. The van der Waals surface area contributed by atoms with Gasteiger partial charge in [-0.2, -0.15) is 0 Å². The van der Waals surface area contributed by atoms with Gasteiger partial charge in [-0.15, -0.1) is 11.3 Å². The lowest BCUT2D eigenvalue weighted by molar-refractivity contribution is -0.383. The summed E-state index contributed by atoms with van der Waals surface area (Å²) in [4.78, 5) is 29.3. The van der Waals surface area contributed by atoms with Crippen molar-refractivity contribution in [2.45, 2.75) is 6.54 Å². The highest BCUT2D eigenvalue weighted by Crippen LogP contribution is 2.33. The predicted octanol–water partition coefficient (Wildman–Crippen LogP) is 2.78. The summed E-state index contributed by atoms with van der Waals surface area (Å²) in [5.41, 5.74) is -0.0784. The second kappa shape index (κ2) is 8.17. The van der Waals surface area contributed by atoms with Crippen molar-refractivity contribution in [2.24, 2.45) is 0 Å². The van der Waals surface area contributed by atoms with Gasteiger partial charge in [-0.25, -0.2) is 15.0 Å². The summed E-state index contributed by atoms with van der Waals surface area (Å²) in [5, 5.41) is 16.8. The van der Waals surface area contributed by atoms with Crippen LogP contribution in [0.5, 0.6) is 0 Å². The summed E-state index contributed by atoms with van der Waals surface area (Å²) >= 11 is 1.59. The number of thiophene rings is 1. The number of hydrogen-bond acceptors (Lipinski definition) is 9. The van der Waals surface area contributed by atoms with Crippen LogP contribution in [0, 0.1) is 10.1 Å². The lowest BCUT2D eigenvalue weighted by Crippen LogP contribution is -2.47. The maximum Gasteiger partial charge on any atom is 0.353 e. The van der Waals surface area contributed by atoms with Gasteiger partial charge in [0.25, 0.3) is 0 Å². The molecule has 1 aliphatic rings. The van der Waals surface area contributed by atoms with E-state index in [1.165, 1.54) is 6.33 Å². The Morgan fingerprint density at radius 1 is 1.07 bits per heavy atom. The number of nitro groups is 1. The third kappa shape index (κ3) is 3.86. The highest BCUT2D eigenvalue weighted by molar-refractivity contribution is 7.09. The molecule has 0 amide bonds. The van der Waals surface area contributed by atoms with Gasteiger partial charge in [0.2, 0.25) is 11.6 Å². The van der Waals surface area contributed by atoms with E-state index in [0.29, 0.717) is 25.5 Å². The molecule has 1 fully saturated rings. The Morgan fingerprint density at radius 3 is 2.57 bits per heavy atom. The van der Waals surface area contributed by atoms with E-state index in [0.717, 1.165) is 23.8 Å². The van der Waals surface area contributed by atoms with Gasteiger partial charge in [-0.1, -0.05) is 12.1 Å². The molecule has 0 unspecified atom stereocenters. The Labute approximate surface area is 165 Å². The SMILES string of the molecule is O=[N+]([O-])c1c(NCc2cccs2)ncnc1N1CCN(c2ccccn2)CC1. The smallest absolute Gasteiger partial charge is 0.353 e. The molecule has 4 rings (SSSR count). The summed E-state index contributed by atoms with van der Waals surface area (Å²) in [6, 6.07) is 9.73. The first-order chi connectivity index (χ1) is 13.7. The maximum absolute atomic E-state index is 11.8. The summed E-state index contributed by atoms with van der Waals surface area (Å²) in [7, 11) is 0. The minimum Gasteiger partial charge on any atom is -0.359 e. The van der Waals surface area contributed by atoms with Gasteiger partial charge in [0.15, 0.2) is 0 Å². The molecule has 0 saturated carbocycles. The van der Waals surface area contributed by atoms with Gasteiger partial charge in [0, 0.05) is 37.3 Å². The largest absolute Gasteiger partial charge is 0.359 e. The van der Waals surface area contributed by atoms with E-state index in [1.807, 2.05) is 40.6 Å². The van der Waals surface area contributed by atoms with Crippen molar-refractivity contribution in [3.63, 3.8) is 0 Å². The predicted molar refractivity (Wildman–Crippen MR) is 109 cm³/mol. The second-order valence-corrected chi connectivity index (χ2v) is 7.28. The second-order valence-electron chi connectivity index (χ2n) is 6.25. The van der Waals surface area contributed by atoms with Crippen LogP contribution in [0.15, 0.2) is 48.2 Å². The van der Waals surface area contributed by atoms with Crippen LogP contribution in [0.3, 0.4) is 0 Å². The summed E-state index contributed by atoms with van der Waals surface area (Å²) in [5.74, 6) is 1.52. The van der Waals surface area contributed by atoms with Crippen molar-refractivity contribution >= 4 is 34.5 Å².